The quantitative estimate of drug-likeness (QED) is 0.512. The van der Waals surface area contributed by atoms with Crippen LogP contribution in [0, 0.1) is 13.8 Å². The molecule has 2 aromatic heterocycles. The standard InChI is InChI=1S/C21H18N4O3/c1-12-5-3-7-14(9-12)23-20(27)17-18(26)16-11-22-25(19(16)24-21(17)28)15-8-4-6-13(2)10-15/h3-11H,1-2H3,(H,23,27)(H2,24,26,28). The van der Waals surface area contributed by atoms with Gasteiger partial charge in [-0.05, 0) is 49.2 Å². The molecule has 4 rings (SSSR count). The van der Waals surface area contributed by atoms with Gasteiger partial charge in [0.15, 0.2) is 0 Å². The second-order valence-corrected chi connectivity index (χ2v) is 6.66. The van der Waals surface area contributed by atoms with Crippen molar-refractivity contribution in [1.29, 1.82) is 0 Å². The molecule has 28 heavy (non-hydrogen) atoms. The van der Waals surface area contributed by atoms with Crippen molar-refractivity contribution >= 4 is 22.6 Å². The van der Waals surface area contributed by atoms with Crippen molar-refractivity contribution in [3.8, 4) is 11.4 Å². The number of hydrogen-bond acceptors (Lipinski definition) is 4. The topological polar surface area (TPSA) is 100 Å². The van der Waals surface area contributed by atoms with Crippen molar-refractivity contribution in [3.63, 3.8) is 0 Å². The summed E-state index contributed by atoms with van der Waals surface area (Å²) in [5, 5.41) is 17.8. The molecule has 2 aromatic carbocycles. The number of benzene rings is 2. The lowest BCUT2D eigenvalue weighted by Crippen LogP contribution is -2.23. The van der Waals surface area contributed by atoms with Crippen LogP contribution in [0.25, 0.3) is 16.7 Å². The lowest BCUT2D eigenvalue weighted by Gasteiger charge is -2.09. The van der Waals surface area contributed by atoms with E-state index in [-0.39, 0.29) is 10.9 Å². The van der Waals surface area contributed by atoms with Crippen molar-refractivity contribution in [2.75, 3.05) is 5.32 Å². The van der Waals surface area contributed by atoms with E-state index in [9.17, 15) is 14.7 Å². The second-order valence-electron chi connectivity index (χ2n) is 6.66. The largest absolute Gasteiger partial charge is 0.506 e. The van der Waals surface area contributed by atoms with Crippen LogP contribution in [-0.2, 0) is 0 Å². The first kappa shape index (κ1) is 17.5. The van der Waals surface area contributed by atoms with E-state index < -0.39 is 17.2 Å². The van der Waals surface area contributed by atoms with Crippen molar-refractivity contribution in [1.82, 2.24) is 14.8 Å². The van der Waals surface area contributed by atoms with E-state index in [0.29, 0.717) is 11.3 Å². The Morgan fingerprint density at radius 1 is 1.11 bits per heavy atom. The molecule has 0 aliphatic carbocycles. The molecule has 0 radical (unpaired) electrons. The molecule has 0 spiro atoms. The lowest BCUT2D eigenvalue weighted by molar-refractivity contribution is 0.102. The zero-order valence-electron chi connectivity index (χ0n) is 15.4. The van der Waals surface area contributed by atoms with Gasteiger partial charge in [-0.25, -0.2) is 4.68 Å². The lowest BCUT2D eigenvalue weighted by atomic mass is 10.1. The van der Waals surface area contributed by atoms with Crippen LogP contribution in [0.2, 0.25) is 0 Å². The smallest absolute Gasteiger partial charge is 0.266 e. The zero-order chi connectivity index (χ0) is 19.8. The molecule has 7 nitrogen and oxygen atoms in total. The highest BCUT2D eigenvalue weighted by molar-refractivity contribution is 6.08. The average molecular weight is 374 g/mol. The van der Waals surface area contributed by atoms with Crippen LogP contribution in [0.4, 0.5) is 5.69 Å². The number of nitrogens with zero attached hydrogens (tertiary/aromatic N) is 2. The van der Waals surface area contributed by atoms with Crippen LogP contribution < -0.4 is 10.9 Å². The van der Waals surface area contributed by atoms with Gasteiger partial charge in [-0.2, -0.15) is 5.10 Å². The third kappa shape index (κ3) is 3.03. The molecule has 0 fully saturated rings. The predicted molar refractivity (Wildman–Crippen MR) is 107 cm³/mol. The predicted octanol–water partition coefficient (Wildman–Crippen LogP) is 3.29. The summed E-state index contributed by atoms with van der Waals surface area (Å²) in [6.45, 7) is 3.84. The van der Waals surface area contributed by atoms with Crippen LogP contribution in [0.5, 0.6) is 5.75 Å². The van der Waals surface area contributed by atoms with E-state index in [1.807, 2.05) is 44.2 Å². The third-order valence-electron chi connectivity index (χ3n) is 4.47. The third-order valence-corrected chi connectivity index (χ3v) is 4.47. The van der Waals surface area contributed by atoms with Crippen molar-refractivity contribution in [2.24, 2.45) is 0 Å². The highest BCUT2D eigenvalue weighted by Gasteiger charge is 2.22. The van der Waals surface area contributed by atoms with Crippen molar-refractivity contribution in [2.45, 2.75) is 13.8 Å². The summed E-state index contributed by atoms with van der Waals surface area (Å²) in [6, 6.07) is 14.7. The maximum absolute atomic E-state index is 12.6. The van der Waals surface area contributed by atoms with E-state index in [1.165, 1.54) is 10.9 Å². The van der Waals surface area contributed by atoms with Crippen LogP contribution in [0.1, 0.15) is 21.5 Å². The van der Waals surface area contributed by atoms with Crippen molar-refractivity contribution < 1.29 is 9.90 Å². The van der Waals surface area contributed by atoms with Gasteiger partial charge in [-0.1, -0.05) is 24.3 Å². The highest BCUT2D eigenvalue weighted by atomic mass is 16.3. The summed E-state index contributed by atoms with van der Waals surface area (Å²) in [5.74, 6) is -1.09. The van der Waals surface area contributed by atoms with E-state index in [2.05, 4.69) is 15.4 Å². The molecular weight excluding hydrogens is 356 g/mol. The molecule has 3 N–H and O–H groups in total. The molecule has 7 heteroatoms. The molecule has 0 saturated carbocycles. The number of hydrogen-bond donors (Lipinski definition) is 3. The number of aromatic amines is 1. The Labute approximate surface area is 160 Å². The zero-order valence-corrected chi connectivity index (χ0v) is 15.4. The minimum atomic E-state index is -0.690. The number of amides is 1. The number of aryl methyl sites for hydroxylation is 2. The number of fused-ring (bicyclic) bond motifs is 1. The maximum Gasteiger partial charge on any atom is 0.266 e. The monoisotopic (exact) mass is 374 g/mol. The molecule has 2 heterocycles. The summed E-state index contributed by atoms with van der Waals surface area (Å²) < 4.78 is 1.52. The maximum atomic E-state index is 12.6. The van der Waals surface area contributed by atoms with Gasteiger partial charge in [0.25, 0.3) is 11.5 Å². The number of nitrogens with one attached hydrogen (secondary N) is 2. The molecule has 140 valence electrons. The summed E-state index contributed by atoms with van der Waals surface area (Å²) in [4.78, 5) is 27.9. The Hall–Kier alpha value is -3.87. The van der Waals surface area contributed by atoms with Gasteiger partial charge in [0.05, 0.1) is 17.3 Å². The Morgan fingerprint density at radius 3 is 2.54 bits per heavy atom. The number of aromatic hydroxyl groups is 1. The van der Waals surface area contributed by atoms with Gasteiger partial charge >= 0.3 is 0 Å². The Bertz CT molecular complexity index is 1270. The fourth-order valence-electron chi connectivity index (χ4n) is 3.14. The first-order valence-corrected chi connectivity index (χ1v) is 8.72. The van der Waals surface area contributed by atoms with Gasteiger partial charge in [0.1, 0.15) is 17.0 Å². The Balaban J connectivity index is 1.79. The first-order valence-electron chi connectivity index (χ1n) is 8.72. The fraction of sp³-hybridized carbons (Fsp3) is 0.0952. The SMILES string of the molecule is Cc1cccc(NC(=O)c2c(O)c3cnn(-c4cccc(C)c4)c3[nH]c2=O)c1. The van der Waals surface area contributed by atoms with Gasteiger partial charge in [0.2, 0.25) is 0 Å². The number of carbonyl (C=O) groups excluding carboxylic acids is 1. The first-order chi connectivity index (χ1) is 13.4. The number of aromatic nitrogens is 3. The molecule has 0 aliphatic heterocycles. The molecular formula is C21H18N4O3. The minimum Gasteiger partial charge on any atom is -0.506 e. The van der Waals surface area contributed by atoms with Crippen LogP contribution in [0.15, 0.2) is 59.5 Å². The van der Waals surface area contributed by atoms with E-state index >= 15 is 0 Å². The number of anilines is 1. The highest BCUT2D eigenvalue weighted by Crippen LogP contribution is 2.27. The van der Waals surface area contributed by atoms with Crippen LogP contribution in [-0.4, -0.2) is 25.8 Å². The summed E-state index contributed by atoms with van der Waals surface area (Å²) in [5.41, 5.74) is 2.55. The average Bonchev–Trinajstić information content (AvgIpc) is 3.05. The summed E-state index contributed by atoms with van der Waals surface area (Å²) in [7, 11) is 0. The molecule has 4 aromatic rings. The van der Waals surface area contributed by atoms with Crippen LogP contribution >= 0.6 is 0 Å². The fourth-order valence-corrected chi connectivity index (χ4v) is 3.14. The van der Waals surface area contributed by atoms with E-state index in [0.717, 1.165) is 16.8 Å². The summed E-state index contributed by atoms with van der Waals surface area (Å²) in [6.07, 6.45) is 1.42. The molecule has 1 amide bonds. The van der Waals surface area contributed by atoms with Crippen LogP contribution in [0.3, 0.4) is 0 Å². The van der Waals surface area contributed by atoms with Crippen molar-refractivity contribution in [3.05, 3.63) is 81.8 Å². The molecule has 0 unspecified atom stereocenters. The Kier molecular flexibility index (Phi) is 4.19. The van der Waals surface area contributed by atoms with Gasteiger partial charge < -0.3 is 15.4 Å². The number of pyridine rings is 1. The van der Waals surface area contributed by atoms with Gasteiger partial charge in [-0.15, -0.1) is 0 Å². The molecule has 0 bridgehead atoms. The Morgan fingerprint density at radius 2 is 1.82 bits per heavy atom. The number of H-pyrrole nitrogens is 1. The second kappa shape index (κ2) is 6.70. The molecule has 0 saturated heterocycles. The minimum absolute atomic E-state index is 0.287. The molecule has 0 atom stereocenters. The summed E-state index contributed by atoms with van der Waals surface area (Å²) >= 11 is 0. The molecule has 0 aliphatic rings. The number of rotatable bonds is 3. The van der Waals surface area contributed by atoms with Gasteiger partial charge in [-0.3, -0.25) is 9.59 Å². The van der Waals surface area contributed by atoms with E-state index in [4.69, 9.17) is 0 Å². The van der Waals surface area contributed by atoms with Gasteiger partial charge in [0, 0.05) is 5.69 Å². The normalized spacial score (nSPS) is 10.9. The van der Waals surface area contributed by atoms with E-state index in [1.54, 1.807) is 18.2 Å². The number of carbonyl (C=O) groups is 1.